The van der Waals surface area contributed by atoms with Gasteiger partial charge in [0.05, 0.1) is 13.7 Å². The van der Waals surface area contributed by atoms with Gasteiger partial charge in [-0.15, -0.1) is 0 Å². The van der Waals surface area contributed by atoms with Crippen molar-refractivity contribution in [2.24, 2.45) is 11.7 Å². The molecule has 0 radical (unpaired) electrons. The number of methoxy groups -OCH3 is 1. The van der Waals surface area contributed by atoms with Crippen molar-refractivity contribution in [1.82, 2.24) is 0 Å². The molecule has 2 rings (SSSR count). The average Bonchev–Trinajstić information content (AvgIpc) is 2.27. The minimum atomic E-state index is 0.171. The highest BCUT2D eigenvalue weighted by Gasteiger charge is 2.24. The van der Waals surface area contributed by atoms with Gasteiger partial charge in [0.25, 0.3) is 0 Å². The van der Waals surface area contributed by atoms with Crippen molar-refractivity contribution in [1.29, 1.82) is 0 Å². The van der Waals surface area contributed by atoms with E-state index in [0.29, 0.717) is 12.5 Å². The number of nitrogens with two attached hydrogens (primary N) is 1. The second-order valence-electron chi connectivity index (χ2n) is 4.08. The van der Waals surface area contributed by atoms with Gasteiger partial charge in [0, 0.05) is 12.0 Å². The summed E-state index contributed by atoms with van der Waals surface area (Å²) in [7, 11) is 1.66. The van der Waals surface area contributed by atoms with Crippen LogP contribution in [0.1, 0.15) is 12.5 Å². The molecular weight excluding hydrogens is 190 g/mol. The molecule has 1 aliphatic rings. The quantitative estimate of drug-likeness (QED) is 0.801. The zero-order valence-electron chi connectivity index (χ0n) is 9.19. The molecule has 0 spiro atoms. The third-order valence-electron chi connectivity index (χ3n) is 2.95. The van der Waals surface area contributed by atoms with E-state index in [1.54, 1.807) is 7.11 Å². The van der Waals surface area contributed by atoms with Crippen molar-refractivity contribution >= 4 is 0 Å². The van der Waals surface area contributed by atoms with Gasteiger partial charge in [0.15, 0.2) is 11.5 Å². The third kappa shape index (κ3) is 1.92. The van der Waals surface area contributed by atoms with Crippen molar-refractivity contribution < 1.29 is 9.47 Å². The standard InChI is InChI=1S/C12H17NO2/c1-8(13)10-6-9-4-3-5-11(14-2)12(9)15-7-10/h3-5,8,10H,6-7,13H2,1-2H3/t8-,10?/m0/s1. The van der Waals surface area contributed by atoms with E-state index in [-0.39, 0.29) is 6.04 Å². The molecular formula is C12H17NO2. The molecule has 3 heteroatoms. The van der Waals surface area contributed by atoms with Crippen LogP contribution in [-0.4, -0.2) is 19.8 Å². The maximum absolute atomic E-state index is 5.88. The first kappa shape index (κ1) is 10.3. The van der Waals surface area contributed by atoms with Crippen molar-refractivity contribution in [3.8, 4) is 11.5 Å². The molecule has 0 amide bonds. The van der Waals surface area contributed by atoms with Crippen molar-refractivity contribution in [3.63, 3.8) is 0 Å². The Kier molecular flexibility index (Phi) is 2.82. The summed E-state index contributed by atoms with van der Waals surface area (Å²) in [6, 6.07) is 6.16. The first-order valence-corrected chi connectivity index (χ1v) is 5.26. The van der Waals surface area contributed by atoms with Gasteiger partial charge in [0.1, 0.15) is 0 Å². The van der Waals surface area contributed by atoms with E-state index in [9.17, 15) is 0 Å². The molecule has 2 N–H and O–H groups in total. The van der Waals surface area contributed by atoms with Gasteiger partial charge < -0.3 is 15.2 Å². The molecule has 1 aliphatic heterocycles. The first-order chi connectivity index (χ1) is 7.22. The smallest absolute Gasteiger partial charge is 0.164 e. The number of rotatable bonds is 2. The molecule has 1 aromatic carbocycles. The van der Waals surface area contributed by atoms with Gasteiger partial charge >= 0.3 is 0 Å². The summed E-state index contributed by atoms with van der Waals surface area (Å²) < 4.78 is 11.0. The van der Waals surface area contributed by atoms with Crippen LogP contribution in [0.25, 0.3) is 0 Å². The molecule has 1 aromatic rings. The molecule has 15 heavy (non-hydrogen) atoms. The fraction of sp³-hybridized carbons (Fsp3) is 0.500. The normalized spacial score (nSPS) is 21.4. The molecule has 2 atom stereocenters. The lowest BCUT2D eigenvalue weighted by atomic mass is 9.91. The molecule has 0 fully saturated rings. The van der Waals surface area contributed by atoms with Crippen LogP contribution in [0.5, 0.6) is 11.5 Å². The van der Waals surface area contributed by atoms with Crippen LogP contribution in [0.3, 0.4) is 0 Å². The first-order valence-electron chi connectivity index (χ1n) is 5.26. The van der Waals surface area contributed by atoms with Crippen LogP contribution in [-0.2, 0) is 6.42 Å². The summed E-state index contributed by atoms with van der Waals surface area (Å²) in [6.45, 7) is 2.71. The maximum atomic E-state index is 5.88. The largest absolute Gasteiger partial charge is 0.493 e. The Bertz CT molecular complexity index is 349. The van der Waals surface area contributed by atoms with Gasteiger partial charge in [-0.05, 0) is 25.0 Å². The second kappa shape index (κ2) is 4.11. The highest BCUT2D eigenvalue weighted by atomic mass is 16.5. The Balaban J connectivity index is 2.27. The van der Waals surface area contributed by atoms with E-state index in [1.165, 1.54) is 5.56 Å². The molecule has 0 aliphatic carbocycles. The van der Waals surface area contributed by atoms with Crippen LogP contribution >= 0.6 is 0 Å². The van der Waals surface area contributed by atoms with E-state index in [1.807, 2.05) is 19.1 Å². The maximum Gasteiger partial charge on any atom is 0.164 e. The van der Waals surface area contributed by atoms with Crippen molar-refractivity contribution in [3.05, 3.63) is 23.8 Å². The number of para-hydroxylation sites is 1. The second-order valence-corrected chi connectivity index (χ2v) is 4.08. The third-order valence-corrected chi connectivity index (χ3v) is 2.95. The predicted molar refractivity (Wildman–Crippen MR) is 59.3 cm³/mol. The van der Waals surface area contributed by atoms with E-state index in [4.69, 9.17) is 15.2 Å². The lowest BCUT2D eigenvalue weighted by Crippen LogP contribution is -2.35. The Morgan fingerprint density at radius 3 is 3.00 bits per heavy atom. The van der Waals surface area contributed by atoms with Crippen molar-refractivity contribution in [2.75, 3.05) is 13.7 Å². The number of hydrogen-bond acceptors (Lipinski definition) is 3. The van der Waals surface area contributed by atoms with E-state index >= 15 is 0 Å². The van der Waals surface area contributed by atoms with Crippen LogP contribution < -0.4 is 15.2 Å². The molecule has 0 saturated carbocycles. The lowest BCUT2D eigenvalue weighted by Gasteiger charge is -2.28. The zero-order chi connectivity index (χ0) is 10.8. The average molecular weight is 207 g/mol. The minimum Gasteiger partial charge on any atom is -0.493 e. The van der Waals surface area contributed by atoms with Gasteiger partial charge in [-0.3, -0.25) is 0 Å². The molecule has 1 unspecified atom stereocenters. The van der Waals surface area contributed by atoms with E-state index in [2.05, 4.69) is 6.07 Å². The van der Waals surface area contributed by atoms with Gasteiger partial charge in [-0.25, -0.2) is 0 Å². The molecule has 0 aromatic heterocycles. The Morgan fingerprint density at radius 1 is 1.53 bits per heavy atom. The number of hydrogen-bond donors (Lipinski definition) is 1. The summed E-state index contributed by atoms with van der Waals surface area (Å²) in [5.41, 5.74) is 7.08. The van der Waals surface area contributed by atoms with Crippen LogP contribution in [0.4, 0.5) is 0 Å². The van der Waals surface area contributed by atoms with E-state index < -0.39 is 0 Å². The topological polar surface area (TPSA) is 44.5 Å². The number of benzene rings is 1. The lowest BCUT2D eigenvalue weighted by molar-refractivity contribution is 0.196. The highest BCUT2D eigenvalue weighted by molar-refractivity contribution is 5.47. The van der Waals surface area contributed by atoms with Gasteiger partial charge in [0.2, 0.25) is 0 Å². The summed E-state index contributed by atoms with van der Waals surface area (Å²) in [5, 5.41) is 0. The SMILES string of the molecule is COc1cccc2c1OCC([C@H](C)N)C2. The minimum absolute atomic E-state index is 0.171. The summed E-state index contributed by atoms with van der Waals surface area (Å²) >= 11 is 0. The van der Waals surface area contributed by atoms with E-state index in [0.717, 1.165) is 17.9 Å². The Morgan fingerprint density at radius 2 is 2.33 bits per heavy atom. The highest BCUT2D eigenvalue weighted by Crippen LogP contribution is 2.36. The predicted octanol–water partition coefficient (Wildman–Crippen LogP) is 1.59. The summed E-state index contributed by atoms with van der Waals surface area (Å²) in [4.78, 5) is 0. The van der Waals surface area contributed by atoms with Crippen LogP contribution in [0.2, 0.25) is 0 Å². The molecule has 0 saturated heterocycles. The number of ether oxygens (including phenoxy) is 2. The molecule has 3 nitrogen and oxygen atoms in total. The Labute approximate surface area is 90.2 Å². The summed E-state index contributed by atoms with van der Waals surface area (Å²) in [6.07, 6.45) is 0.976. The molecule has 82 valence electrons. The fourth-order valence-electron chi connectivity index (χ4n) is 1.92. The molecule has 0 bridgehead atoms. The van der Waals surface area contributed by atoms with Crippen LogP contribution in [0.15, 0.2) is 18.2 Å². The number of fused-ring (bicyclic) bond motifs is 1. The van der Waals surface area contributed by atoms with Crippen molar-refractivity contribution in [2.45, 2.75) is 19.4 Å². The molecule has 1 heterocycles. The monoisotopic (exact) mass is 207 g/mol. The van der Waals surface area contributed by atoms with Crippen LogP contribution in [0, 0.1) is 5.92 Å². The zero-order valence-corrected chi connectivity index (χ0v) is 9.19. The summed E-state index contributed by atoms with van der Waals surface area (Å²) in [5.74, 6) is 2.11. The fourth-order valence-corrected chi connectivity index (χ4v) is 1.92. The van der Waals surface area contributed by atoms with Gasteiger partial charge in [-0.2, -0.15) is 0 Å². The Hall–Kier alpha value is -1.22. The van der Waals surface area contributed by atoms with Gasteiger partial charge in [-0.1, -0.05) is 12.1 Å².